The second-order valence-corrected chi connectivity index (χ2v) is 6.03. The number of aromatic nitrogens is 4. The second-order valence-electron chi connectivity index (χ2n) is 6.03. The lowest BCUT2D eigenvalue weighted by Gasteiger charge is -2.10. The molecule has 0 bridgehead atoms. The summed E-state index contributed by atoms with van der Waals surface area (Å²) in [4.78, 5) is 11.8. The normalized spacial score (nSPS) is 11.8. The number of ether oxygens (including phenoxy) is 1. The quantitative estimate of drug-likeness (QED) is 0.452. The van der Waals surface area contributed by atoms with Crippen molar-refractivity contribution in [1.29, 1.82) is 0 Å². The molecule has 4 rings (SSSR count). The van der Waals surface area contributed by atoms with E-state index in [1.165, 1.54) is 53.2 Å². The van der Waals surface area contributed by atoms with Gasteiger partial charge in [0.05, 0.1) is 0 Å². The van der Waals surface area contributed by atoms with Crippen LogP contribution in [0.15, 0.2) is 60.9 Å². The summed E-state index contributed by atoms with van der Waals surface area (Å²) in [7, 11) is 0. The molecule has 0 saturated carbocycles. The fraction of sp³-hybridized carbons (Fsp3) is 0.105. The highest BCUT2D eigenvalue weighted by Gasteiger charge is 2.39. The smallest absolute Gasteiger partial charge is 0.435 e. The molecule has 1 N–H and O–H groups in total. The van der Waals surface area contributed by atoms with Gasteiger partial charge in [-0.25, -0.2) is 15.0 Å². The molecule has 0 amide bonds. The molecular formula is C19H12F5N5O. The van der Waals surface area contributed by atoms with Crippen molar-refractivity contribution in [2.75, 3.05) is 5.32 Å². The molecule has 4 aromatic rings. The average Bonchev–Trinajstić information content (AvgIpc) is 3.10. The molecule has 0 atom stereocenters. The van der Waals surface area contributed by atoms with Crippen LogP contribution in [0.4, 0.5) is 33.5 Å². The Kier molecular flexibility index (Phi) is 4.94. The van der Waals surface area contributed by atoms with Crippen LogP contribution in [-0.4, -0.2) is 26.0 Å². The molecule has 3 aromatic heterocycles. The number of imidazole rings is 1. The second kappa shape index (κ2) is 7.58. The number of alkyl halides is 5. The van der Waals surface area contributed by atoms with Gasteiger partial charge in [0.2, 0.25) is 0 Å². The van der Waals surface area contributed by atoms with Crippen molar-refractivity contribution in [3.8, 4) is 17.3 Å². The number of benzene rings is 1. The molecule has 0 unspecified atom stereocenters. The number of anilines is 2. The molecule has 0 radical (unpaired) electrons. The molecule has 0 aliphatic rings. The molecule has 0 aliphatic carbocycles. The van der Waals surface area contributed by atoms with Crippen molar-refractivity contribution in [1.82, 2.24) is 19.4 Å². The fourth-order valence-corrected chi connectivity index (χ4v) is 2.82. The maximum atomic E-state index is 13.5. The lowest BCUT2D eigenvalue weighted by molar-refractivity contribution is -0.140. The summed E-state index contributed by atoms with van der Waals surface area (Å²) in [5, 5.41) is 2.89. The fourth-order valence-electron chi connectivity index (χ4n) is 2.82. The van der Waals surface area contributed by atoms with Crippen LogP contribution in [0.3, 0.4) is 0 Å². The van der Waals surface area contributed by atoms with Crippen LogP contribution in [0.25, 0.3) is 17.2 Å². The molecule has 154 valence electrons. The first-order chi connectivity index (χ1) is 14.3. The van der Waals surface area contributed by atoms with Gasteiger partial charge in [-0.15, -0.1) is 0 Å². The molecule has 11 heteroatoms. The number of fused-ring (bicyclic) bond motifs is 1. The zero-order valence-corrected chi connectivity index (χ0v) is 14.9. The zero-order valence-electron chi connectivity index (χ0n) is 14.9. The van der Waals surface area contributed by atoms with Gasteiger partial charge in [-0.05, 0) is 42.5 Å². The number of hydrogen-bond acceptors (Lipinski definition) is 5. The van der Waals surface area contributed by atoms with Crippen molar-refractivity contribution < 1.29 is 26.7 Å². The van der Waals surface area contributed by atoms with Gasteiger partial charge < -0.3 is 10.1 Å². The van der Waals surface area contributed by atoms with Crippen LogP contribution in [0.2, 0.25) is 0 Å². The van der Waals surface area contributed by atoms with E-state index in [-0.39, 0.29) is 28.7 Å². The summed E-state index contributed by atoms with van der Waals surface area (Å²) in [6.45, 7) is -2.94. The SMILES string of the molecule is FC(F)Oc1ccc(Nc2ccnc(-c3c(C(F)(F)F)nc4ccccn34)n2)cc1. The van der Waals surface area contributed by atoms with E-state index >= 15 is 0 Å². The van der Waals surface area contributed by atoms with E-state index in [0.717, 1.165) is 0 Å². The first-order valence-corrected chi connectivity index (χ1v) is 8.51. The van der Waals surface area contributed by atoms with E-state index in [2.05, 4.69) is 25.0 Å². The van der Waals surface area contributed by atoms with Crippen molar-refractivity contribution in [2.24, 2.45) is 0 Å². The summed E-state index contributed by atoms with van der Waals surface area (Å²) in [6, 6.07) is 11.6. The number of halogens is 5. The Bertz CT molecular complexity index is 1170. The van der Waals surface area contributed by atoms with Gasteiger partial charge in [-0.3, -0.25) is 4.40 Å². The third-order valence-corrected chi connectivity index (χ3v) is 4.02. The van der Waals surface area contributed by atoms with Crippen molar-refractivity contribution >= 4 is 17.2 Å². The predicted molar refractivity (Wildman–Crippen MR) is 97.6 cm³/mol. The Labute approximate surface area is 166 Å². The standard InChI is InChI=1S/C19H12F5N5O/c20-18(21)30-12-6-4-11(5-7-12)26-13-8-9-25-17(27-13)15-16(19(22,23)24)28-14-3-1-2-10-29(14)15/h1-10,18H,(H,25,26,27). The minimum absolute atomic E-state index is 0.0283. The highest BCUT2D eigenvalue weighted by atomic mass is 19.4. The molecule has 3 heterocycles. The van der Waals surface area contributed by atoms with Gasteiger partial charge in [-0.1, -0.05) is 6.07 Å². The number of nitrogens with one attached hydrogen (secondary N) is 1. The van der Waals surface area contributed by atoms with Crippen molar-refractivity contribution in [2.45, 2.75) is 12.8 Å². The van der Waals surface area contributed by atoms with E-state index in [1.807, 2.05) is 0 Å². The summed E-state index contributed by atoms with van der Waals surface area (Å²) < 4.78 is 70.6. The van der Waals surface area contributed by atoms with E-state index in [9.17, 15) is 22.0 Å². The number of pyridine rings is 1. The first kappa shape index (κ1) is 19.6. The monoisotopic (exact) mass is 421 g/mol. The summed E-state index contributed by atoms with van der Waals surface area (Å²) in [5.41, 5.74) is -0.811. The van der Waals surface area contributed by atoms with Crippen LogP contribution < -0.4 is 10.1 Å². The molecule has 0 fully saturated rings. The van der Waals surface area contributed by atoms with Crippen molar-refractivity contribution in [3.63, 3.8) is 0 Å². The Morgan fingerprint density at radius 3 is 2.43 bits per heavy atom. The van der Waals surface area contributed by atoms with Gasteiger partial charge in [-0.2, -0.15) is 22.0 Å². The molecule has 0 saturated heterocycles. The molecule has 0 aliphatic heterocycles. The van der Waals surface area contributed by atoms with E-state index < -0.39 is 18.5 Å². The van der Waals surface area contributed by atoms with E-state index in [4.69, 9.17) is 0 Å². The average molecular weight is 421 g/mol. The van der Waals surface area contributed by atoms with Crippen molar-refractivity contribution in [3.05, 3.63) is 66.6 Å². The maximum absolute atomic E-state index is 13.5. The lowest BCUT2D eigenvalue weighted by atomic mass is 10.3. The molecule has 6 nitrogen and oxygen atoms in total. The Balaban J connectivity index is 1.69. The Morgan fingerprint density at radius 2 is 1.73 bits per heavy atom. The van der Waals surface area contributed by atoms with Gasteiger partial charge in [0.1, 0.15) is 22.9 Å². The lowest BCUT2D eigenvalue weighted by Crippen LogP contribution is -2.09. The van der Waals surface area contributed by atoms with Crippen LogP contribution in [0, 0.1) is 0 Å². The topological polar surface area (TPSA) is 64.3 Å². The van der Waals surface area contributed by atoms with E-state index in [0.29, 0.717) is 5.69 Å². The van der Waals surface area contributed by atoms with Gasteiger partial charge in [0, 0.05) is 18.1 Å². The van der Waals surface area contributed by atoms with Crippen LogP contribution in [0.5, 0.6) is 5.75 Å². The third kappa shape index (κ3) is 4.00. The number of hydrogen-bond donors (Lipinski definition) is 1. The van der Waals surface area contributed by atoms with Gasteiger partial charge in [0.25, 0.3) is 0 Å². The van der Waals surface area contributed by atoms with Crippen LogP contribution in [0.1, 0.15) is 5.69 Å². The van der Waals surface area contributed by atoms with Crippen LogP contribution in [-0.2, 0) is 6.18 Å². The van der Waals surface area contributed by atoms with Crippen LogP contribution >= 0.6 is 0 Å². The minimum Gasteiger partial charge on any atom is -0.435 e. The highest BCUT2D eigenvalue weighted by Crippen LogP contribution is 2.36. The predicted octanol–water partition coefficient (Wildman–Crippen LogP) is 5.16. The summed E-state index contributed by atoms with van der Waals surface area (Å²) >= 11 is 0. The molecule has 0 spiro atoms. The number of rotatable bonds is 5. The summed E-state index contributed by atoms with van der Waals surface area (Å²) in [5.74, 6) is 0.00434. The molecule has 1 aromatic carbocycles. The maximum Gasteiger partial charge on any atom is 0.435 e. The largest absolute Gasteiger partial charge is 0.435 e. The highest BCUT2D eigenvalue weighted by molar-refractivity contribution is 5.65. The van der Waals surface area contributed by atoms with Gasteiger partial charge >= 0.3 is 12.8 Å². The zero-order chi connectivity index (χ0) is 21.3. The summed E-state index contributed by atoms with van der Waals surface area (Å²) in [6.07, 6.45) is -1.95. The van der Waals surface area contributed by atoms with Gasteiger partial charge in [0.15, 0.2) is 11.5 Å². The third-order valence-electron chi connectivity index (χ3n) is 4.02. The molecule has 30 heavy (non-hydrogen) atoms. The Hall–Kier alpha value is -3.76. The molecular weight excluding hydrogens is 409 g/mol. The van der Waals surface area contributed by atoms with E-state index in [1.54, 1.807) is 12.1 Å². The Morgan fingerprint density at radius 1 is 0.967 bits per heavy atom. The minimum atomic E-state index is -4.70. The first-order valence-electron chi connectivity index (χ1n) is 8.51. The number of nitrogens with zero attached hydrogens (tertiary/aromatic N) is 4.